The summed E-state index contributed by atoms with van der Waals surface area (Å²) in [5.74, 6) is -1.01. The summed E-state index contributed by atoms with van der Waals surface area (Å²) in [5.41, 5.74) is 6.17. The first-order valence-corrected chi connectivity index (χ1v) is 7.31. The van der Waals surface area contributed by atoms with Gasteiger partial charge in [-0.05, 0) is 40.5 Å². The van der Waals surface area contributed by atoms with Crippen LogP contribution in [-0.2, 0) is 4.79 Å². The fourth-order valence-corrected chi connectivity index (χ4v) is 2.29. The molecule has 5 nitrogen and oxygen atoms in total. The van der Waals surface area contributed by atoms with Crippen LogP contribution < -0.4 is 11.1 Å². The first-order chi connectivity index (χ1) is 8.99. The fraction of sp³-hybridized carbons (Fsp3) is 0.333. The minimum atomic E-state index is -0.638. The zero-order valence-electron chi connectivity index (χ0n) is 10.4. The molecule has 0 saturated carbocycles. The first kappa shape index (κ1) is 16.0. The number of nitrogens with zero attached hydrogens (tertiary/aromatic N) is 1. The van der Waals surface area contributed by atoms with Gasteiger partial charge in [-0.15, -0.1) is 0 Å². The van der Waals surface area contributed by atoms with Gasteiger partial charge in [0.1, 0.15) is 0 Å². The molecule has 104 valence electrons. The van der Waals surface area contributed by atoms with E-state index in [2.05, 4.69) is 42.3 Å². The van der Waals surface area contributed by atoms with E-state index in [9.17, 15) is 4.79 Å². The molecule has 1 rings (SSSR count). The van der Waals surface area contributed by atoms with Crippen molar-refractivity contribution in [3.63, 3.8) is 0 Å². The largest absolute Gasteiger partial charge is 0.409 e. The highest BCUT2D eigenvalue weighted by Gasteiger charge is 2.23. The van der Waals surface area contributed by atoms with E-state index in [0.29, 0.717) is 12.1 Å². The van der Waals surface area contributed by atoms with Gasteiger partial charge in [-0.25, -0.2) is 0 Å². The van der Waals surface area contributed by atoms with Gasteiger partial charge >= 0.3 is 0 Å². The number of amides is 1. The van der Waals surface area contributed by atoms with Gasteiger partial charge in [0.15, 0.2) is 5.84 Å². The van der Waals surface area contributed by atoms with Crippen LogP contribution in [0.1, 0.15) is 19.8 Å². The molecular weight excluding hydrogens is 378 g/mol. The van der Waals surface area contributed by atoms with E-state index in [1.165, 1.54) is 0 Å². The van der Waals surface area contributed by atoms with Gasteiger partial charge < -0.3 is 16.3 Å². The summed E-state index contributed by atoms with van der Waals surface area (Å²) >= 11 is 6.69. The molecule has 1 unspecified atom stereocenters. The van der Waals surface area contributed by atoms with Crippen LogP contribution in [0.4, 0.5) is 5.69 Å². The molecule has 0 aliphatic carbocycles. The number of nitrogens with one attached hydrogen (secondary N) is 1. The first-order valence-electron chi connectivity index (χ1n) is 5.73. The number of anilines is 1. The maximum atomic E-state index is 12.1. The number of carbonyl (C=O) groups excluding carboxylic acids is 1. The standard InChI is InChI=1S/C12H15Br2N3O2/c1-2-3-8(11(15)17-19)12(18)16-10-6-7(13)4-5-9(10)14/h4-6,8,19H,2-3H2,1H3,(H2,15,17)(H,16,18). The third kappa shape index (κ3) is 4.50. The van der Waals surface area contributed by atoms with Crippen molar-refractivity contribution in [3.8, 4) is 0 Å². The molecule has 1 atom stereocenters. The minimum Gasteiger partial charge on any atom is -0.409 e. The van der Waals surface area contributed by atoms with Gasteiger partial charge in [0.05, 0.1) is 11.6 Å². The fourth-order valence-electron chi connectivity index (χ4n) is 1.58. The Morgan fingerprint density at radius 3 is 2.79 bits per heavy atom. The Labute approximate surface area is 128 Å². The summed E-state index contributed by atoms with van der Waals surface area (Å²) in [6.07, 6.45) is 1.28. The molecular formula is C12H15Br2N3O2. The van der Waals surface area contributed by atoms with E-state index in [0.717, 1.165) is 15.4 Å². The van der Waals surface area contributed by atoms with Crippen molar-refractivity contribution < 1.29 is 10.0 Å². The van der Waals surface area contributed by atoms with Crippen molar-refractivity contribution in [2.45, 2.75) is 19.8 Å². The molecule has 0 aliphatic heterocycles. The van der Waals surface area contributed by atoms with Crippen molar-refractivity contribution in [1.82, 2.24) is 0 Å². The van der Waals surface area contributed by atoms with Crippen molar-refractivity contribution in [2.24, 2.45) is 16.8 Å². The highest BCUT2D eigenvalue weighted by molar-refractivity contribution is 9.11. The number of halogens is 2. The number of hydrogen-bond acceptors (Lipinski definition) is 3. The Bertz CT molecular complexity index is 492. The number of benzene rings is 1. The van der Waals surface area contributed by atoms with E-state index in [4.69, 9.17) is 10.9 Å². The van der Waals surface area contributed by atoms with Crippen LogP contribution in [0, 0.1) is 5.92 Å². The van der Waals surface area contributed by atoms with Gasteiger partial charge in [0.2, 0.25) is 5.91 Å². The molecule has 7 heteroatoms. The van der Waals surface area contributed by atoms with Crippen molar-refractivity contribution in [2.75, 3.05) is 5.32 Å². The van der Waals surface area contributed by atoms with Crippen molar-refractivity contribution in [3.05, 3.63) is 27.1 Å². The smallest absolute Gasteiger partial charge is 0.235 e. The summed E-state index contributed by atoms with van der Waals surface area (Å²) in [5, 5.41) is 14.4. The lowest BCUT2D eigenvalue weighted by atomic mass is 10.0. The second kappa shape index (κ2) is 7.49. The molecule has 1 aromatic carbocycles. The third-order valence-corrected chi connectivity index (χ3v) is 3.74. The SMILES string of the molecule is CCCC(C(=O)Nc1cc(Br)ccc1Br)C(N)=NO. The summed E-state index contributed by atoms with van der Waals surface area (Å²) in [4.78, 5) is 12.1. The number of nitrogens with two attached hydrogens (primary N) is 1. The Hall–Kier alpha value is -1.08. The van der Waals surface area contributed by atoms with Crippen LogP contribution in [0.5, 0.6) is 0 Å². The summed E-state index contributed by atoms with van der Waals surface area (Å²) < 4.78 is 1.61. The van der Waals surface area contributed by atoms with Crippen molar-refractivity contribution in [1.29, 1.82) is 0 Å². The molecule has 0 spiro atoms. The number of carbonyl (C=O) groups is 1. The van der Waals surface area contributed by atoms with Crippen LogP contribution in [0.25, 0.3) is 0 Å². The Morgan fingerprint density at radius 2 is 2.21 bits per heavy atom. The zero-order valence-corrected chi connectivity index (χ0v) is 13.5. The quantitative estimate of drug-likeness (QED) is 0.311. The van der Waals surface area contributed by atoms with Crippen LogP contribution in [-0.4, -0.2) is 17.0 Å². The average molecular weight is 393 g/mol. The number of amidine groups is 1. The molecule has 0 heterocycles. The van der Waals surface area contributed by atoms with Crippen molar-refractivity contribution >= 4 is 49.3 Å². The Morgan fingerprint density at radius 1 is 1.53 bits per heavy atom. The van der Waals surface area contributed by atoms with Crippen LogP contribution in [0.3, 0.4) is 0 Å². The maximum absolute atomic E-state index is 12.1. The lowest BCUT2D eigenvalue weighted by molar-refractivity contribution is -0.118. The molecule has 0 radical (unpaired) electrons. The van der Waals surface area contributed by atoms with E-state index in [-0.39, 0.29) is 11.7 Å². The zero-order chi connectivity index (χ0) is 14.4. The normalized spacial score (nSPS) is 13.1. The predicted octanol–water partition coefficient (Wildman–Crippen LogP) is 3.31. The molecule has 0 aliphatic rings. The van der Waals surface area contributed by atoms with Gasteiger partial charge in [-0.3, -0.25) is 4.79 Å². The number of oxime groups is 1. The highest BCUT2D eigenvalue weighted by Crippen LogP contribution is 2.26. The highest BCUT2D eigenvalue weighted by atomic mass is 79.9. The second-order valence-corrected chi connectivity index (χ2v) is 5.75. The van der Waals surface area contributed by atoms with Crippen LogP contribution >= 0.6 is 31.9 Å². The van der Waals surface area contributed by atoms with E-state index < -0.39 is 5.92 Å². The summed E-state index contributed by atoms with van der Waals surface area (Å²) in [7, 11) is 0. The second-order valence-electron chi connectivity index (χ2n) is 3.98. The van der Waals surface area contributed by atoms with Gasteiger partial charge in [0, 0.05) is 8.95 Å². The molecule has 1 amide bonds. The molecule has 19 heavy (non-hydrogen) atoms. The Balaban J connectivity index is 2.90. The van der Waals surface area contributed by atoms with Gasteiger partial charge in [-0.1, -0.05) is 34.4 Å². The van der Waals surface area contributed by atoms with Crippen LogP contribution in [0.2, 0.25) is 0 Å². The molecule has 4 N–H and O–H groups in total. The summed E-state index contributed by atoms with van der Waals surface area (Å²) in [6.45, 7) is 1.93. The number of hydrogen-bond donors (Lipinski definition) is 3. The molecule has 0 fully saturated rings. The molecule has 1 aromatic rings. The third-order valence-electron chi connectivity index (χ3n) is 2.55. The topological polar surface area (TPSA) is 87.7 Å². The predicted molar refractivity (Wildman–Crippen MR) is 82.3 cm³/mol. The van der Waals surface area contributed by atoms with E-state index in [1.807, 2.05) is 19.1 Å². The Kier molecular flexibility index (Phi) is 6.30. The molecule has 0 bridgehead atoms. The van der Waals surface area contributed by atoms with E-state index in [1.54, 1.807) is 6.07 Å². The lowest BCUT2D eigenvalue weighted by Crippen LogP contribution is -2.34. The van der Waals surface area contributed by atoms with Gasteiger partial charge in [0.25, 0.3) is 0 Å². The monoisotopic (exact) mass is 391 g/mol. The summed E-state index contributed by atoms with van der Waals surface area (Å²) in [6, 6.07) is 5.45. The maximum Gasteiger partial charge on any atom is 0.235 e. The number of rotatable bonds is 5. The molecule has 0 saturated heterocycles. The lowest BCUT2D eigenvalue weighted by Gasteiger charge is -2.15. The average Bonchev–Trinajstić information content (AvgIpc) is 2.39. The van der Waals surface area contributed by atoms with Gasteiger partial charge in [-0.2, -0.15) is 0 Å². The van der Waals surface area contributed by atoms with Crippen LogP contribution in [0.15, 0.2) is 32.3 Å². The van der Waals surface area contributed by atoms with E-state index >= 15 is 0 Å². The molecule has 0 aromatic heterocycles. The minimum absolute atomic E-state index is 0.0783.